The number of fused-ring (bicyclic) bond motifs is 1. The van der Waals surface area contributed by atoms with E-state index in [2.05, 4.69) is 15.9 Å². The number of halogens is 2. The molecule has 1 aromatic carbocycles. The highest BCUT2D eigenvalue weighted by molar-refractivity contribution is 9.10. The lowest BCUT2D eigenvalue weighted by molar-refractivity contribution is 0.0222. The molecule has 0 amide bonds. The van der Waals surface area contributed by atoms with Crippen LogP contribution in [0.3, 0.4) is 0 Å². The summed E-state index contributed by atoms with van der Waals surface area (Å²) in [6.07, 6.45) is 6.35. The van der Waals surface area contributed by atoms with Gasteiger partial charge in [-0.05, 0) is 55.7 Å². The third-order valence-corrected chi connectivity index (χ3v) is 5.76. The van der Waals surface area contributed by atoms with Crippen molar-refractivity contribution in [3.63, 3.8) is 0 Å². The topological polar surface area (TPSA) is 37.3 Å². The van der Waals surface area contributed by atoms with Gasteiger partial charge in [0.05, 0.1) is 5.56 Å². The minimum atomic E-state index is -1.40. The highest BCUT2D eigenvalue weighted by Gasteiger charge is 2.42. The first-order chi connectivity index (χ1) is 9.99. The second-order valence-corrected chi connectivity index (χ2v) is 7.43. The van der Waals surface area contributed by atoms with Gasteiger partial charge in [0.1, 0.15) is 11.4 Å². The SMILES string of the molecule is O=C(c1cc(Br)ccc1F)C1(O)CCC2CCCC2CC1. The molecule has 114 valence electrons. The Kier molecular flexibility index (Phi) is 4.19. The highest BCUT2D eigenvalue weighted by Crippen LogP contribution is 2.44. The van der Waals surface area contributed by atoms with Gasteiger partial charge in [-0.25, -0.2) is 4.39 Å². The third-order valence-electron chi connectivity index (χ3n) is 5.27. The first-order valence-electron chi connectivity index (χ1n) is 7.72. The molecule has 0 radical (unpaired) electrons. The van der Waals surface area contributed by atoms with Crippen LogP contribution in [-0.2, 0) is 0 Å². The summed E-state index contributed by atoms with van der Waals surface area (Å²) in [5.41, 5.74) is -1.40. The predicted octanol–water partition coefficient (Wildman–Crippen LogP) is 4.49. The third kappa shape index (κ3) is 2.93. The maximum Gasteiger partial charge on any atom is 0.197 e. The van der Waals surface area contributed by atoms with Crippen LogP contribution in [0.4, 0.5) is 4.39 Å². The number of hydrogen-bond acceptors (Lipinski definition) is 2. The number of carbonyl (C=O) groups is 1. The van der Waals surface area contributed by atoms with Crippen LogP contribution < -0.4 is 0 Å². The Morgan fingerprint density at radius 2 is 1.81 bits per heavy atom. The van der Waals surface area contributed by atoms with E-state index in [1.807, 2.05) is 0 Å². The van der Waals surface area contributed by atoms with Crippen molar-refractivity contribution in [3.8, 4) is 0 Å². The summed E-state index contributed by atoms with van der Waals surface area (Å²) in [7, 11) is 0. The first-order valence-corrected chi connectivity index (χ1v) is 8.51. The van der Waals surface area contributed by atoms with Gasteiger partial charge in [0, 0.05) is 4.47 Å². The molecule has 2 fully saturated rings. The van der Waals surface area contributed by atoms with Gasteiger partial charge >= 0.3 is 0 Å². The zero-order valence-corrected chi connectivity index (χ0v) is 13.5. The quantitative estimate of drug-likeness (QED) is 0.794. The van der Waals surface area contributed by atoms with Gasteiger partial charge in [-0.2, -0.15) is 0 Å². The minimum Gasteiger partial charge on any atom is -0.382 e. The molecule has 3 rings (SSSR count). The van der Waals surface area contributed by atoms with Crippen LogP contribution in [0.1, 0.15) is 55.3 Å². The van der Waals surface area contributed by atoms with E-state index in [0.717, 1.165) is 12.8 Å². The van der Waals surface area contributed by atoms with Crippen LogP contribution in [0.15, 0.2) is 22.7 Å². The Labute approximate surface area is 132 Å². The number of Topliss-reactive ketones (excluding diaryl/α,β-unsaturated/α-hetero) is 1. The Morgan fingerprint density at radius 1 is 1.19 bits per heavy atom. The van der Waals surface area contributed by atoms with Gasteiger partial charge in [0.2, 0.25) is 0 Å². The molecule has 0 bridgehead atoms. The maximum atomic E-state index is 13.9. The molecule has 2 nitrogen and oxygen atoms in total. The van der Waals surface area contributed by atoms with E-state index < -0.39 is 17.2 Å². The number of benzene rings is 1. The Balaban J connectivity index is 1.84. The van der Waals surface area contributed by atoms with E-state index in [-0.39, 0.29) is 5.56 Å². The fourth-order valence-corrected chi connectivity index (χ4v) is 4.36. The predicted molar refractivity (Wildman–Crippen MR) is 82.7 cm³/mol. The molecule has 0 aliphatic heterocycles. The van der Waals surface area contributed by atoms with Crippen molar-refractivity contribution in [1.82, 2.24) is 0 Å². The van der Waals surface area contributed by atoms with Gasteiger partial charge in [0.25, 0.3) is 0 Å². The van der Waals surface area contributed by atoms with Gasteiger partial charge in [-0.3, -0.25) is 4.79 Å². The van der Waals surface area contributed by atoms with Gasteiger partial charge < -0.3 is 5.11 Å². The maximum absolute atomic E-state index is 13.9. The van der Waals surface area contributed by atoms with E-state index in [1.165, 1.54) is 31.4 Å². The van der Waals surface area contributed by atoms with E-state index >= 15 is 0 Å². The van der Waals surface area contributed by atoms with Crippen molar-refractivity contribution >= 4 is 21.7 Å². The van der Waals surface area contributed by atoms with E-state index in [1.54, 1.807) is 6.07 Å². The van der Waals surface area contributed by atoms with Gasteiger partial charge in [-0.1, -0.05) is 35.2 Å². The molecule has 4 heteroatoms. The van der Waals surface area contributed by atoms with E-state index in [4.69, 9.17) is 0 Å². The lowest BCUT2D eigenvalue weighted by Gasteiger charge is -2.25. The number of rotatable bonds is 2. The fourth-order valence-electron chi connectivity index (χ4n) is 4.00. The second-order valence-electron chi connectivity index (χ2n) is 6.51. The molecule has 0 heterocycles. The molecule has 2 aliphatic rings. The Morgan fingerprint density at radius 3 is 2.43 bits per heavy atom. The molecule has 21 heavy (non-hydrogen) atoms. The molecule has 2 unspecified atom stereocenters. The minimum absolute atomic E-state index is 0.000987. The van der Waals surface area contributed by atoms with Gasteiger partial charge in [-0.15, -0.1) is 0 Å². The van der Waals surface area contributed by atoms with Crippen molar-refractivity contribution in [3.05, 3.63) is 34.1 Å². The fraction of sp³-hybridized carbons (Fsp3) is 0.588. The van der Waals surface area contributed by atoms with Crippen LogP contribution in [0.25, 0.3) is 0 Å². The van der Waals surface area contributed by atoms with Crippen LogP contribution in [0.5, 0.6) is 0 Å². The number of ketones is 1. The van der Waals surface area contributed by atoms with E-state index in [9.17, 15) is 14.3 Å². The van der Waals surface area contributed by atoms with Crippen molar-refractivity contribution in [1.29, 1.82) is 0 Å². The van der Waals surface area contributed by atoms with Crippen molar-refractivity contribution in [2.75, 3.05) is 0 Å². The normalized spacial score (nSPS) is 32.5. The standard InChI is InChI=1S/C17H20BrFO2/c18-13-4-5-15(19)14(10-13)16(20)17(21)8-6-11-2-1-3-12(11)7-9-17/h4-5,10-12,21H,1-3,6-9H2. The molecule has 0 saturated heterocycles. The number of carbonyl (C=O) groups excluding carboxylic acids is 1. The molecule has 1 aromatic rings. The summed E-state index contributed by atoms with van der Waals surface area (Å²) in [6, 6.07) is 4.31. The molecule has 2 atom stereocenters. The summed E-state index contributed by atoms with van der Waals surface area (Å²) in [6.45, 7) is 0. The van der Waals surface area contributed by atoms with Gasteiger partial charge in [0.15, 0.2) is 5.78 Å². The molecule has 2 aliphatic carbocycles. The molecule has 1 N–H and O–H groups in total. The summed E-state index contributed by atoms with van der Waals surface area (Å²) in [4.78, 5) is 12.7. The van der Waals surface area contributed by atoms with Crippen molar-refractivity contribution in [2.45, 2.75) is 50.5 Å². The summed E-state index contributed by atoms with van der Waals surface area (Å²) in [5, 5.41) is 10.8. The first kappa shape index (κ1) is 15.2. The van der Waals surface area contributed by atoms with Crippen LogP contribution >= 0.6 is 15.9 Å². The van der Waals surface area contributed by atoms with Crippen molar-refractivity contribution < 1.29 is 14.3 Å². The Bertz CT molecular complexity index is 544. The summed E-state index contributed by atoms with van der Waals surface area (Å²) >= 11 is 3.26. The van der Waals surface area contributed by atoms with Crippen LogP contribution in [0.2, 0.25) is 0 Å². The zero-order chi connectivity index (χ0) is 15.0. The molecular weight excluding hydrogens is 335 g/mol. The number of hydrogen-bond donors (Lipinski definition) is 1. The molecule has 0 spiro atoms. The second kappa shape index (κ2) is 5.81. The zero-order valence-electron chi connectivity index (χ0n) is 11.9. The lowest BCUT2D eigenvalue weighted by atomic mass is 9.85. The smallest absolute Gasteiger partial charge is 0.197 e. The highest BCUT2D eigenvalue weighted by atomic mass is 79.9. The largest absolute Gasteiger partial charge is 0.382 e. The monoisotopic (exact) mass is 354 g/mol. The summed E-state index contributed by atoms with van der Waals surface area (Å²) in [5.74, 6) is 0.265. The molecule has 2 saturated carbocycles. The van der Waals surface area contributed by atoms with E-state index in [0.29, 0.717) is 29.2 Å². The van der Waals surface area contributed by atoms with Crippen LogP contribution in [-0.4, -0.2) is 16.5 Å². The van der Waals surface area contributed by atoms with Crippen molar-refractivity contribution in [2.24, 2.45) is 11.8 Å². The molecular formula is C17H20BrFO2. The average Bonchev–Trinajstić information content (AvgIpc) is 2.86. The van der Waals surface area contributed by atoms with Crippen LogP contribution in [0, 0.1) is 17.7 Å². The molecule has 0 aromatic heterocycles. The Hall–Kier alpha value is -0.740. The summed E-state index contributed by atoms with van der Waals surface area (Å²) < 4.78 is 14.6. The average molecular weight is 355 g/mol. The number of aliphatic hydroxyl groups is 1. The lowest BCUT2D eigenvalue weighted by Crippen LogP contribution is -2.38.